The smallest absolute Gasteiger partial charge is 0.271 e. The van der Waals surface area contributed by atoms with Crippen LogP contribution < -0.4 is 5.32 Å². The standard InChI is InChI=1S/C15H15N3O2S/c19-9-2-1-4-12-5-3-7-16-14(12)15(20)17-8-6-13-10-21-11-18-13/h3,5,7,10-11,19H,2,6,8-9H2,(H,17,20). The van der Waals surface area contributed by atoms with Crippen LogP contribution in [0.1, 0.15) is 28.2 Å². The van der Waals surface area contributed by atoms with Crippen molar-refractivity contribution in [3.05, 3.63) is 46.2 Å². The normalized spacial score (nSPS) is 9.76. The number of aromatic nitrogens is 2. The van der Waals surface area contributed by atoms with Crippen LogP contribution in [0.3, 0.4) is 0 Å². The summed E-state index contributed by atoms with van der Waals surface area (Å²) in [5, 5.41) is 13.5. The Morgan fingerprint density at radius 1 is 1.43 bits per heavy atom. The molecule has 0 aliphatic heterocycles. The van der Waals surface area contributed by atoms with Crippen molar-refractivity contribution < 1.29 is 9.90 Å². The first kappa shape index (κ1) is 15.2. The van der Waals surface area contributed by atoms with E-state index in [4.69, 9.17) is 5.11 Å². The van der Waals surface area contributed by atoms with Gasteiger partial charge in [0.05, 0.1) is 23.4 Å². The second-order valence-corrected chi connectivity index (χ2v) is 4.88. The van der Waals surface area contributed by atoms with Crippen LogP contribution in [0.2, 0.25) is 0 Å². The predicted octanol–water partition coefficient (Wildman–Crippen LogP) is 1.24. The minimum atomic E-state index is -0.251. The Bertz CT molecular complexity index is 644. The highest BCUT2D eigenvalue weighted by Crippen LogP contribution is 2.04. The van der Waals surface area contributed by atoms with E-state index in [1.54, 1.807) is 23.8 Å². The number of hydrogen-bond donors (Lipinski definition) is 2. The molecule has 0 unspecified atom stereocenters. The number of nitrogens with zero attached hydrogens (tertiary/aromatic N) is 2. The lowest BCUT2D eigenvalue weighted by Gasteiger charge is -2.05. The highest BCUT2D eigenvalue weighted by molar-refractivity contribution is 7.07. The number of hydrogen-bond acceptors (Lipinski definition) is 5. The molecule has 108 valence electrons. The minimum absolute atomic E-state index is 0.00241. The number of carbonyl (C=O) groups is 1. The second kappa shape index (κ2) is 8.15. The number of pyridine rings is 1. The highest BCUT2D eigenvalue weighted by Gasteiger charge is 2.10. The van der Waals surface area contributed by atoms with Crippen LogP contribution >= 0.6 is 11.3 Å². The van der Waals surface area contributed by atoms with Gasteiger partial charge in [-0.05, 0) is 12.1 Å². The number of amides is 1. The first-order chi connectivity index (χ1) is 10.3. The van der Waals surface area contributed by atoms with Gasteiger partial charge in [-0.1, -0.05) is 11.8 Å². The number of aliphatic hydroxyl groups is 1. The van der Waals surface area contributed by atoms with Crippen LogP contribution in [-0.4, -0.2) is 34.1 Å². The van der Waals surface area contributed by atoms with E-state index in [-0.39, 0.29) is 12.5 Å². The Labute approximate surface area is 127 Å². The summed E-state index contributed by atoms with van der Waals surface area (Å²) in [6.45, 7) is 0.505. The summed E-state index contributed by atoms with van der Waals surface area (Å²) in [6.07, 6.45) is 2.62. The van der Waals surface area contributed by atoms with Gasteiger partial charge in [0.15, 0.2) is 0 Å². The highest BCUT2D eigenvalue weighted by atomic mass is 32.1. The number of carbonyl (C=O) groups excluding carboxylic acids is 1. The van der Waals surface area contributed by atoms with E-state index in [2.05, 4.69) is 27.1 Å². The zero-order valence-corrected chi connectivity index (χ0v) is 12.2. The zero-order valence-electron chi connectivity index (χ0n) is 11.4. The van der Waals surface area contributed by atoms with Crippen LogP contribution in [0.15, 0.2) is 29.2 Å². The molecule has 0 saturated heterocycles. The zero-order chi connectivity index (χ0) is 14.9. The molecule has 2 aromatic rings. The van der Waals surface area contributed by atoms with Crippen molar-refractivity contribution in [3.63, 3.8) is 0 Å². The van der Waals surface area contributed by atoms with Crippen molar-refractivity contribution in [1.82, 2.24) is 15.3 Å². The summed E-state index contributed by atoms with van der Waals surface area (Å²) >= 11 is 1.53. The molecule has 0 aliphatic rings. The number of thiazole rings is 1. The van der Waals surface area contributed by atoms with Crippen molar-refractivity contribution in [1.29, 1.82) is 0 Å². The Morgan fingerprint density at radius 2 is 2.33 bits per heavy atom. The Balaban J connectivity index is 1.97. The third-order valence-corrected chi connectivity index (χ3v) is 3.27. The molecule has 6 heteroatoms. The fraction of sp³-hybridized carbons (Fsp3) is 0.267. The molecular weight excluding hydrogens is 286 g/mol. The van der Waals surface area contributed by atoms with Crippen LogP contribution in [0.4, 0.5) is 0 Å². The van der Waals surface area contributed by atoms with Crippen molar-refractivity contribution in [2.24, 2.45) is 0 Å². The maximum Gasteiger partial charge on any atom is 0.271 e. The van der Waals surface area contributed by atoms with E-state index in [9.17, 15) is 4.79 Å². The summed E-state index contributed by atoms with van der Waals surface area (Å²) in [7, 11) is 0. The van der Waals surface area contributed by atoms with Gasteiger partial charge in [0.1, 0.15) is 5.69 Å². The lowest BCUT2D eigenvalue weighted by molar-refractivity contribution is 0.0949. The number of nitrogens with one attached hydrogen (secondary N) is 1. The molecule has 0 saturated carbocycles. The SMILES string of the molecule is O=C(NCCc1cscn1)c1ncccc1C#CCCO. The topological polar surface area (TPSA) is 75.1 Å². The summed E-state index contributed by atoms with van der Waals surface area (Å²) in [6, 6.07) is 3.47. The Hall–Kier alpha value is -2.23. The molecule has 1 amide bonds. The predicted molar refractivity (Wildman–Crippen MR) is 81.0 cm³/mol. The Morgan fingerprint density at radius 3 is 3.10 bits per heavy atom. The molecule has 0 aliphatic carbocycles. The molecule has 2 N–H and O–H groups in total. The largest absolute Gasteiger partial charge is 0.395 e. The summed E-state index contributed by atoms with van der Waals surface area (Å²) < 4.78 is 0. The van der Waals surface area contributed by atoms with Gasteiger partial charge in [-0.25, -0.2) is 9.97 Å². The average molecular weight is 301 g/mol. The van der Waals surface area contributed by atoms with Gasteiger partial charge in [-0.15, -0.1) is 11.3 Å². The monoisotopic (exact) mass is 301 g/mol. The van der Waals surface area contributed by atoms with Crippen molar-refractivity contribution in [3.8, 4) is 11.8 Å². The first-order valence-corrected chi connectivity index (χ1v) is 7.45. The van der Waals surface area contributed by atoms with E-state index in [1.807, 2.05) is 5.38 Å². The molecule has 21 heavy (non-hydrogen) atoms. The third kappa shape index (κ3) is 4.67. The summed E-state index contributed by atoms with van der Waals surface area (Å²) in [5.41, 5.74) is 3.60. The first-order valence-electron chi connectivity index (χ1n) is 6.51. The number of rotatable bonds is 5. The maximum absolute atomic E-state index is 12.1. The van der Waals surface area contributed by atoms with Gasteiger partial charge in [0.25, 0.3) is 5.91 Å². The Kier molecular flexibility index (Phi) is 5.88. The summed E-state index contributed by atoms with van der Waals surface area (Å²) in [5.74, 6) is 5.40. The van der Waals surface area contributed by atoms with E-state index >= 15 is 0 Å². The molecule has 0 aromatic carbocycles. The quantitative estimate of drug-likeness (QED) is 0.815. The molecule has 2 aromatic heterocycles. The summed E-state index contributed by atoms with van der Waals surface area (Å²) in [4.78, 5) is 20.4. The maximum atomic E-state index is 12.1. The van der Waals surface area contributed by atoms with Crippen LogP contribution in [0.25, 0.3) is 0 Å². The molecule has 0 atom stereocenters. The van der Waals surface area contributed by atoms with Crippen LogP contribution in [-0.2, 0) is 6.42 Å². The van der Waals surface area contributed by atoms with Gasteiger partial charge < -0.3 is 10.4 Å². The lowest BCUT2D eigenvalue weighted by atomic mass is 10.2. The fourth-order valence-electron chi connectivity index (χ4n) is 1.65. The van der Waals surface area contributed by atoms with Gasteiger partial charge >= 0.3 is 0 Å². The van der Waals surface area contributed by atoms with Crippen LogP contribution in [0.5, 0.6) is 0 Å². The molecule has 5 nitrogen and oxygen atoms in total. The molecular formula is C15H15N3O2S. The average Bonchev–Trinajstić information content (AvgIpc) is 3.01. The molecule has 2 heterocycles. The molecule has 2 rings (SSSR count). The molecule has 0 radical (unpaired) electrons. The van der Waals surface area contributed by atoms with Gasteiger partial charge in [-0.3, -0.25) is 4.79 Å². The third-order valence-electron chi connectivity index (χ3n) is 2.63. The van der Waals surface area contributed by atoms with Gasteiger partial charge in [0, 0.05) is 31.0 Å². The van der Waals surface area contributed by atoms with Crippen molar-refractivity contribution >= 4 is 17.2 Å². The molecule has 0 spiro atoms. The molecule has 0 bridgehead atoms. The lowest BCUT2D eigenvalue weighted by Crippen LogP contribution is -2.27. The minimum Gasteiger partial charge on any atom is -0.395 e. The number of aliphatic hydroxyl groups excluding tert-OH is 1. The van der Waals surface area contributed by atoms with Crippen molar-refractivity contribution in [2.75, 3.05) is 13.2 Å². The van der Waals surface area contributed by atoms with E-state index in [0.717, 1.165) is 5.69 Å². The second-order valence-electron chi connectivity index (χ2n) is 4.16. The fourth-order valence-corrected chi connectivity index (χ4v) is 2.24. The van der Waals surface area contributed by atoms with E-state index in [0.29, 0.717) is 30.6 Å². The van der Waals surface area contributed by atoms with Crippen LogP contribution in [0, 0.1) is 11.8 Å². The van der Waals surface area contributed by atoms with Gasteiger partial charge in [0.2, 0.25) is 0 Å². The van der Waals surface area contributed by atoms with Crippen molar-refractivity contribution in [2.45, 2.75) is 12.8 Å². The molecule has 0 fully saturated rings. The van der Waals surface area contributed by atoms with Gasteiger partial charge in [-0.2, -0.15) is 0 Å². The van der Waals surface area contributed by atoms with E-state index in [1.165, 1.54) is 11.3 Å². The van der Waals surface area contributed by atoms with E-state index < -0.39 is 0 Å².